The zero-order valence-corrected chi connectivity index (χ0v) is 26.8. The van der Waals surface area contributed by atoms with Crippen molar-refractivity contribution >= 4 is 64.9 Å². The second kappa shape index (κ2) is 10.8. The molecule has 10 aromatic rings. The summed E-state index contributed by atoms with van der Waals surface area (Å²) in [5.41, 5.74) is 10.5. The van der Waals surface area contributed by atoms with Crippen LogP contribution in [-0.2, 0) is 0 Å². The van der Waals surface area contributed by atoms with Gasteiger partial charge in [0, 0.05) is 31.3 Å². The molecule has 224 valence electrons. The fourth-order valence-corrected chi connectivity index (χ4v) is 8.99. The van der Waals surface area contributed by atoms with Crippen molar-refractivity contribution in [3.8, 4) is 43.8 Å². The topological polar surface area (TPSA) is 13.1 Å². The zero-order valence-electron chi connectivity index (χ0n) is 26.0. The molecule has 0 atom stereocenters. The molecule has 1 nitrogen and oxygen atoms in total. The minimum atomic E-state index is 0.909. The zero-order chi connectivity index (χ0) is 31.6. The Labute approximate surface area is 282 Å². The Hall–Kier alpha value is -5.96. The van der Waals surface area contributed by atoms with Gasteiger partial charge in [0.1, 0.15) is 11.2 Å². The van der Waals surface area contributed by atoms with Crippen LogP contribution >= 0.6 is 11.3 Å². The molecular weight excluding hydrogens is 601 g/mol. The summed E-state index contributed by atoms with van der Waals surface area (Å²) in [4.78, 5) is 1.28. The normalized spacial score (nSPS) is 11.8. The largest absolute Gasteiger partial charge is 0.456 e. The summed E-state index contributed by atoms with van der Waals surface area (Å²) in [6.45, 7) is 0. The number of benzene rings is 8. The predicted octanol–water partition coefficient (Wildman–Crippen LogP) is 13.8. The highest BCUT2D eigenvalue weighted by Crippen LogP contribution is 2.50. The Morgan fingerprint density at radius 1 is 0.333 bits per heavy atom. The molecule has 0 spiro atoms. The number of hydrogen-bond donors (Lipinski definition) is 0. The van der Waals surface area contributed by atoms with E-state index in [4.69, 9.17) is 4.42 Å². The summed E-state index contributed by atoms with van der Waals surface area (Å²) in [5.74, 6) is 0. The Balaban J connectivity index is 1.29. The van der Waals surface area contributed by atoms with Crippen molar-refractivity contribution in [1.29, 1.82) is 0 Å². The van der Waals surface area contributed by atoms with Crippen molar-refractivity contribution in [3.05, 3.63) is 170 Å². The van der Waals surface area contributed by atoms with E-state index in [9.17, 15) is 0 Å². The van der Waals surface area contributed by atoms with Crippen molar-refractivity contribution in [2.24, 2.45) is 0 Å². The van der Waals surface area contributed by atoms with Gasteiger partial charge in [-0.05, 0) is 79.2 Å². The molecule has 0 fully saturated rings. The van der Waals surface area contributed by atoms with Gasteiger partial charge in [0.15, 0.2) is 0 Å². The van der Waals surface area contributed by atoms with Crippen molar-refractivity contribution in [3.63, 3.8) is 0 Å². The summed E-state index contributed by atoms with van der Waals surface area (Å²) in [6, 6.07) is 61.2. The van der Waals surface area contributed by atoms with E-state index < -0.39 is 0 Å². The Kier molecular flexibility index (Phi) is 6.12. The Morgan fingerprint density at radius 3 is 1.40 bits per heavy atom. The molecule has 0 aliphatic heterocycles. The first kappa shape index (κ1) is 27.2. The molecular formula is C46H28OS. The van der Waals surface area contributed by atoms with Gasteiger partial charge < -0.3 is 4.42 Å². The molecule has 2 heteroatoms. The number of thiophene rings is 1. The fraction of sp³-hybridized carbons (Fsp3) is 0. The van der Waals surface area contributed by atoms with Gasteiger partial charge in [0.2, 0.25) is 0 Å². The van der Waals surface area contributed by atoms with E-state index in [0.29, 0.717) is 0 Å². The highest BCUT2D eigenvalue weighted by atomic mass is 32.1. The molecule has 0 amide bonds. The first-order valence-corrected chi connectivity index (χ1v) is 17.2. The van der Waals surface area contributed by atoms with Crippen LogP contribution in [0.1, 0.15) is 0 Å². The standard InChI is InChI=1S/C46H28OS/c1-4-14-29(15-5-1)41-33-20-10-12-22-35(33)42(36-23-13-11-21-34(36)41)32-24-26-39-38(28-32)44-40(47-39)27-25-37-43(30-16-6-2-7-17-30)45(48-46(37)44)31-18-8-3-9-19-31/h1-28H. The van der Waals surface area contributed by atoms with Crippen LogP contribution in [0.3, 0.4) is 0 Å². The summed E-state index contributed by atoms with van der Waals surface area (Å²) < 4.78 is 7.83. The van der Waals surface area contributed by atoms with E-state index in [0.717, 1.165) is 16.6 Å². The predicted molar refractivity (Wildman–Crippen MR) is 206 cm³/mol. The third kappa shape index (κ3) is 4.10. The van der Waals surface area contributed by atoms with Crippen LogP contribution in [0.4, 0.5) is 0 Å². The quantitative estimate of drug-likeness (QED) is 0.177. The van der Waals surface area contributed by atoms with E-state index in [1.807, 2.05) is 11.3 Å². The van der Waals surface area contributed by atoms with Crippen LogP contribution in [0, 0.1) is 0 Å². The van der Waals surface area contributed by atoms with Gasteiger partial charge in [-0.15, -0.1) is 11.3 Å². The summed E-state index contributed by atoms with van der Waals surface area (Å²) in [6.07, 6.45) is 0. The highest BCUT2D eigenvalue weighted by Gasteiger charge is 2.22. The van der Waals surface area contributed by atoms with Gasteiger partial charge in [-0.25, -0.2) is 0 Å². The molecule has 8 aromatic carbocycles. The lowest BCUT2D eigenvalue weighted by Crippen LogP contribution is -1.90. The van der Waals surface area contributed by atoms with Crippen LogP contribution < -0.4 is 0 Å². The van der Waals surface area contributed by atoms with E-state index in [2.05, 4.69) is 170 Å². The summed E-state index contributed by atoms with van der Waals surface area (Å²) in [5, 5.41) is 8.61. The molecule has 0 aliphatic carbocycles. The van der Waals surface area contributed by atoms with Gasteiger partial charge in [0.05, 0.1) is 0 Å². The molecule has 2 heterocycles. The molecule has 0 saturated carbocycles. The van der Waals surface area contributed by atoms with Gasteiger partial charge in [-0.3, -0.25) is 0 Å². The van der Waals surface area contributed by atoms with Crippen molar-refractivity contribution in [2.75, 3.05) is 0 Å². The van der Waals surface area contributed by atoms with E-state index in [1.165, 1.54) is 80.8 Å². The van der Waals surface area contributed by atoms with Crippen molar-refractivity contribution < 1.29 is 4.42 Å². The smallest absolute Gasteiger partial charge is 0.136 e. The van der Waals surface area contributed by atoms with Crippen LogP contribution in [-0.4, -0.2) is 0 Å². The first-order valence-electron chi connectivity index (χ1n) is 16.4. The lowest BCUT2D eigenvalue weighted by Gasteiger charge is -2.17. The fourth-order valence-electron chi connectivity index (χ4n) is 7.61. The van der Waals surface area contributed by atoms with Crippen LogP contribution in [0.25, 0.3) is 97.4 Å². The van der Waals surface area contributed by atoms with E-state index in [1.54, 1.807) is 0 Å². The monoisotopic (exact) mass is 628 g/mol. The molecule has 0 bridgehead atoms. The molecule has 0 N–H and O–H groups in total. The van der Waals surface area contributed by atoms with Crippen LogP contribution in [0.15, 0.2) is 174 Å². The molecule has 0 unspecified atom stereocenters. The number of rotatable bonds is 4. The lowest BCUT2D eigenvalue weighted by atomic mass is 9.86. The third-order valence-corrected chi connectivity index (χ3v) is 10.9. The molecule has 10 rings (SSSR count). The first-order chi connectivity index (χ1) is 23.8. The molecule has 48 heavy (non-hydrogen) atoms. The van der Waals surface area contributed by atoms with Crippen LogP contribution in [0.5, 0.6) is 0 Å². The molecule has 2 aromatic heterocycles. The second-order valence-electron chi connectivity index (χ2n) is 12.4. The maximum atomic E-state index is 6.57. The Morgan fingerprint density at radius 2 is 0.812 bits per heavy atom. The average molecular weight is 629 g/mol. The van der Waals surface area contributed by atoms with Gasteiger partial charge in [-0.1, -0.05) is 146 Å². The third-order valence-electron chi connectivity index (χ3n) is 9.67. The molecule has 0 saturated heterocycles. The number of furan rings is 1. The molecule has 0 aliphatic rings. The number of hydrogen-bond acceptors (Lipinski definition) is 2. The second-order valence-corrected chi connectivity index (χ2v) is 13.4. The van der Waals surface area contributed by atoms with E-state index >= 15 is 0 Å². The van der Waals surface area contributed by atoms with E-state index in [-0.39, 0.29) is 0 Å². The van der Waals surface area contributed by atoms with Crippen molar-refractivity contribution in [2.45, 2.75) is 0 Å². The Bertz CT molecular complexity index is 2750. The molecule has 0 radical (unpaired) electrons. The van der Waals surface area contributed by atoms with Gasteiger partial charge in [-0.2, -0.15) is 0 Å². The van der Waals surface area contributed by atoms with Crippen molar-refractivity contribution in [1.82, 2.24) is 0 Å². The number of fused-ring (bicyclic) bond motifs is 7. The van der Waals surface area contributed by atoms with Crippen LogP contribution in [0.2, 0.25) is 0 Å². The minimum absolute atomic E-state index is 0.909. The highest BCUT2D eigenvalue weighted by molar-refractivity contribution is 7.24. The van der Waals surface area contributed by atoms with Gasteiger partial charge >= 0.3 is 0 Å². The summed E-state index contributed by atoms with van der Waals surface area (Å²) >= 11 is 1.87. The SMILES string of the molecule is c1ccc(-c2sc3c(ccc4oc5ccc(-c6c7ccccc7c(-c7ccccc7)c7ccccc67)cc5c43)c2-c2ccccc2)cc1. The average Bonchev–Trinajstić information content (AvgIpc) is 3.73. The maximum Gasteiger partial charge on any atom is 0.136 e. The minimum Gasteiger partial charge on any atom is -0.456 e. The summed E-state index contributed by atoms with van der Waals surface area (Å²) in [7, 11) is 0. The lowest BCUT2D eigenvalue weighted by molar-refractivity contribution is 0.669. The van der Waals surface area contributed by atoms with Gasteiger partial charge in [0.25, 0.3) is 0 Å². The maximum absolute atomic E-state index is 6.57.